The highest BCUT2D eigenvalue weighted by Gasteiger charge is 2.02. The predicted octanol–water partition coefficient (Wildman–Crippen LogP) is 6.62. The van der Waals surface area contributed by atoms with E-state index in [0.29, 0.717) is 39.6 Å². The summed E-state index contributed by atoms with van der Waals surface area (Å²) in [5.41, 5.74) is 7.87. The Balaban J connectivity index is 1.32. The second-order valence-corrected chi connectivity index (χ2v) is 10.1. The molecular formula is C28H32O3S2. The van der Waals surface area contributed by atoms with Crippen molar-refractivity contribution in [2.24, 2.45) is 0 Å². The van der Waals surface area contributed by atoms with Gasteiger partial charge in [0.2, 0.25) is 0 Å². The maximum absolute atomic E-state index is 5.74. The normalized spacial score (nSPS) is 17.1. The zero-order valence-corrected chi connectivity index (χ0v) is 20.7. The van der Waals surface area contributed by atoms with E-state index in [1.54, 1.807) is 0 Å². The average molecular weight is 481 g/mol. The SMILES string of the molecule is c1cc2ccc1COCCOCCOCc1ccc(cc1)CSCc1ccc(cc1)CSC2. The molecule has 5 heteroatoms. The van der Waals surface area contributed by atoms with E-state index in [4.69, 9.17) is 14.2 Å². The summed E-state index contributed by atoms with van der Waals surface area (Å²) in [5.74, 6) is 4.11. The Morgan fingerprint density at radius 2 is 0.636 bits per heavy atom. The third kappa shape index (κ3) is 8.84. The summed E-state index contributed by atoms with van der Waals surface area (Å²) in [7, 11) is 0. The zero-order chi connectivity index (χ0) is 22.6. The third-order valence-corrected chi connectivity index (χ3v) is 7.58. The molecule has 0 saturated carbocycles. The van der Waals surface area contributed by atoms with Gasteiger partial charge in [0, 0.05) is 23.0 Å². The Morgan fingerprint density at radius 1 is 0.364 bits per heavy atom. The molecule has 5 heterocycles. The molecule has 33 heavy (non-hydrogen) atoms. The highest BCUT2D eigenvalue weighted by molar-refractivity contribution is 7.98. The molecule has 0 saturated heterocycles. The van der Waals surface area contributed by atoms with Gasteiger partial charge in [-0.1, -0.05) is 72.8 Å². The van der Waals surface area contributed by atoms with Crippen LogP contribution in [0.5, 0.6) is 0 Å². The van der Waals surface area contributed by atoms with Crippen molar-refractivity contribution < 1.29 is 14.2 Å². The lowest BCUT2D eigenvalue weighted by atomic mass is 10.2. The van der Waals surface area contributed by atoms with Crippen LogP contribution in [-0.2, 0) is 50.4 Å². The van der Waals surface area contributed by atoms with E-state index in [0.717, 1.165) is 23.0 Å². The van der Waals surface area contributed by atoms with E-state index >= 15 is 0 Å². The lowest BCUT2D eigenvalue weighted by Crippen LogP contribution is -2.09. The molecule has 3 aromatic rings. The number of fused-ring (bicyclic) bond motifs is 1. The van der Waals surface area contributed by atoms with Crippen LogP contribution in [0.1, 0.15) is 33.4 Å². The largest absolute Gasteiger partial charge is 0.377 e. The molecule has 0 unspecified atom stereocenters. The number of benzene rings is 3. The van der Waals surface area contributed by atoms with Gasteiger partial charge in [0.25, 0.3) is 0 Å². The highest BCUT2D eigenvalue weighted by atomic mass is 32.2. The summed E-state index contributed by atoms with van der Waals surface area (Å²) in [4.78, 5) is 0. The minimum atomic E-state index is 0.589. The Bertz CT molecular complexity index is 862. The zero-order valence-electron chi connectivity index (χ0n) is 19.0. The van der Waals surface area contributed by atoms with E-state index in [1.165, 1.54) is 33.4 Å². The van der Waals surface area contributed by atoms with Crippen LogP contribution in [-0.4, -0.2) is 26.4 Å². The van der Waals surface area contributed by atoms with E-state index in [-0.39, 0.29) is 0 Å². The van der Waals surface area contributed by atoms with Crippen LogP contribution in [0.4, 0.5) is 0 Å². The van der Waals surface area contributed by atoms with Crippen molar-refractivity contribution in [1.29, 1.82) is 0 Å². The topological polar surface area (TPSA) is 27.7 Å². The first-order valence-electron chi connectivity index (χ1n) is 11.5. The summed E-state index contributed by atoms with van der Waals surface area (Å²) in [6.45, 7) is 3.60. The molecule has 0 radical (unpaired) electrons. The second-order valence-electron chi connectivity index (χ2n) is 8.15. The molecule has 0 amide bonds. The number of rotatable bonds is 0. The minimum Gasteiger partial charge on any atom is -0.377 e. The molecule has 5 aliphatic heterocycles. The molecule has 3 nitrogen and oxygen atoms in total. The molecule has 8 rings (SSSR count). The van der Waals surface area contributed by atoms with Crippen LogP contribution in [0, 0.1) is 0 Å². The van der Waals surface area contributed by atoms with Gasteiger partial charge in [-0.2, -0.15) is 23.5 Å². The molecule has 0 fully saturated rings. The van der Waals surface area contributed by atoms with Crippen LogP contribution in [0.3, 0.4) is 0 Å². The highest BCUT2D eigenvalue weighted by Crippen LogP contribution is 2.22. The van der Waals surface area contributed by atoms with Gasteiger partial charge in [-0.25, -0.2) is 0 Å². The Labute approximate surface area is 206 Å². The van der Waals surface area contributed by atoms with Crippen molar-refractivity contribution in [3.63, 3.8) is 0 Å². The van der Waals surface area contributed by atoms with E-state index < -0.39 is 0 Å². The van der Waals surface area contributed by atoms with Gasteiger partial charge >= 0.3 is 0 Å². The first-order valence-corrected chi connectivity index (χ1v) is 13.8. The van der Waals surface area contributed by atoms with Gasteiger partial charge in [-0.15, -0.1) is 0 Å². The Morgan fingerprint density at radius 3 is 0.970 bits per heavy atom. The summed E-state index contributed by atoms with van der Waals surface area (Å²) < 4.78 is 17.1. The van der Waals surface area contributed by atoms with E-state index in [2.05, 4.69) is 72.8 Å². The molecular weight excluding hydrogens is 448 g/mol. The van der Waals surface area contributed by atoms with Gasteiger partial charge < -0.3 is 14.2 Å². The van der Waals surface area contributed by atoms with Gasteiger partial charge in [0.1, 0.15) is 0 Å². The monoisotopic (exact) mass is 480 g/mol. The molecule has 0 spiro atoms. The fraction of sp³-hybridized carbons (Fsp3) is 0.357. The van der Waals surface area contributed by atoms with Crippen molar-refractivity contribution >= 4 is 23.5 Å². The van der Waals surface area contributed by atoms with Gasteiger partial charge in [-0.05, 0) is 33.4 Å². The molecule has 0 N–H and O–H groups in total. The summed E-state index contributed by atoms with van der Waals surface area (Å²) >= 11 is 3.92. The third-order valence-electron chi connectivity index (χ3n) is 5.43. The molecule has 6 bridgehead atoms. The van der Waals surface area contributed by atoms with Gasteiger partial charge in [0.05, 0.1) is 39.6 Å². The van der Waals surface area contributed by atoms with Crippen molar-refractivity contribution in [3.05, 3.63) is 106 Å². The predicted molar refractivity (Wildman–Crippen MR) is 139 cm³/mol. The van der Waals surface area contributed by atoms with Gasteiger partial charge in [0.15, 0.2) is 0 Å². The average Bonchev–Trinajstić information content (AvgIpc) is 2.85. The van der Waals surface area contributed by atoms with Crippen molar-refractivity contribution in [1.82, 2.24) is 0 Å². The molecule has 3 aromatic carbocycles. The maximum atomic E-state index is 5.74. The summed E-state index contributed by atoms with van der Waals surface area (Å²) in [6.07, 6.45) is 0. The maximum Gasteiger partial charge on any atom is 0.0718 e. The van der Waals surface area contributed by atoms with Crippen LogP contribution in [0.2, 0.25) is 0 Å². The number of thioether (sulfide) groups is 2. The molecule has 174 valence electrons. The lowest BCUT2D eigenvalue weighted by molar-refractivity contribution is 0.00704. The second kappa shape index (κ2) is 13.8. The van der Waals surface area contributed by atoms with Crippen molar-refractivity contribution in [3.8, 4) is 0 Å². The molecule has 0 aromatic heterocycles. The lowest BCUT2D eigenvalue weighted by Gasteiger charge is -2.08. The van der Waals surface area contributed by atoms with Crippen molar-refractivity contribution in [2.45, 2.75) is 36.2 Å². The first-order chi connectivity index (χ1) is 16.3. The molecule has 0 atom stereocenters. The van der Waals surface area contributed by atoms with Crippen LogP contribution in [0.15, 0.2) is 72.8 Å². The summed E-state index contributed by atoms with van der Waals surface area (Å²) in [6, 6.07) is 26.6. The summed E-state index contributed by atoms with van der Waals surface area (Å²) in [5, 5.41) is 0. The first kappa shape index (κ1) is 24.4. The fourth-order valence-corrected chi connectivity index (χ4v) is 5.40. The fourth-order valence-electron chi connectivity index (χ4n) is 3.49. The van der Waals surface area contributed by atoms with Gasteiger partial charge in [-0.3, -0.25) is 0 Å². The standard InChI is InChI=1S/C28H32O3S2/c1-5-25-6-2-23(1)17-30-15-13-29-14-16-31-18-24-3-7-26(8-4-24)20-33-22-28-11-9-27(10-12-28)21-32-19-25/h1-12H,13-22H2. The Kier molecular flexibility index (Phi) is 10.2. The molecule has 0 aliphatic carbocycles. The van der Waals surface area contributed by atoms with Crippen LogP contribution in [0.25, 0.3) is 0 Å². The van der Waals surface area contributed by atoms with E-state index in [1.807, 2.05) is 23.5 Å². The quantitative estimate of drug-likeness (QED) is 0.361. The number of ether oxygens (including phenoxy) is 3. The van der Waals surface area contributed by atoms with Crippen LogP contribution >= 0.6 is 23.5 Å². The molecule has 5 aliphatic rings. The van der Waals surface area contributed by atoms with E-state index in [9.17, 15) is 0 Å². The number of hydrogen-bond acceptors (Lipinski definition) is 5. The van der Waals surface area contributed by atoms with Crippen LogP contribution < -0.4 is 0 Å². The number of hydrogen-bond donors (Lipinski definition) is 0. The smallest absolute Gasteiger partial charge is 0.0718 e. The Hall–Kier alpha value is -1.76. The van der Waals surface area contributed by atoms with Crippen molar-refractivity contribution in [2.75, 3.05) is 26.4 Å². The minimum absolute atomic E-state index is 0.589.